The highest BCUT2D eigenvalue weighted by Gasteiger charge is 2.11. The molecule has 0 fully saturated rings. The largest absolute Gasteiger partial charge is 0.479 e. The zero-order chi connectivity index (χ0) is 20.5. The molecule has 0 aliphatic rings. The molecule has 0 saturated carbocycles. The van der Waals surface area contributed by atoms with Crippen LogP contribution in [0.5, 0.6) is 5.75 Å². The summed E-state index contributed by atoms with van der Waals surface area (Å²) >= 11 is 1.23. The summed E-state index contributed by atoms with van der Waals surface area (Å²) in [4.78, 5) is 33.4. The molecule has 1 amide bonds. The summed E-state index contributed by atoms with van der Waals surface area (Å²) in [6.07, 6.45) is 0.492. The number of carbonyl (C=O) groups is 2. The molecule has 0 saturated heterocycles. The maximum absolute atomic E-state index is 11.8. The Hall–Kier alpha value is -3.40. The number of nitro benzene ring substituents is 1. The molecule has 0 aromatic heterocycles. The van der Waals surface area contributed by atoms with Gasteiger partial charge in [-0.25, -0.2) is 10.2 Å². The van der Waals surface area contributed by atoms with E-state index in [-0.39, 0.29) is 17.3 Å². The smallest absolute Gasteiger partial charge is 0.344 e. The van der Waals surface area contributed by atoms with Gasteiger partial charge in [-0.1, -0.05) is 0 Å². The number of nitro groups is 1. The minimum Gasteiger partial charge on any atom is -0.479 e. The SMILES string of the molecule is CC(Oc1ccc(C=NNC(=O)CSc2ccc([N+](=O)[O-])cc2)cc1)C(=O)O. The lowest BCUT2D eigenvalue weighted by molar-refractivity contribution is -0.384. The van der Waals surface area contributed by atoms with Crippen LogP contribution in [0, 0.1) is 10.1 Å². The van der Waals surface area contributed by atoms with Crippen LogP contribution in [0.15, 0.2) is 58.5 Å². The molecule has 1 atom stereocenters. The number of benzene rings is 2. The van der Waals surface area contributed by atoms with Gasteiger partial charge in [0.05, 0.1) is 16.9 Å². The number of thioether (sulfide) groups is 1. The molecular weight excluding hydrogens is 386 g/mol. The lowest BCUT2D eigenvalue weighted by Crippen LogP contribution is -2.22. The van der Waals surface area contributed by atoms with Gasteiger partial charge in [-0.15, -0.1) is 11.8 Å². The van der Waals surface area contributed by atoms with Crippen LogP contribution in [0.3, 0.4) is 0 Å². The summed E-state index contributed by atoms with van der Waals surface area (Å²) in [6.45, 7) is 1.43. The number of hydrogen-bond acceptors (Lipinski definition) is 7. The second kappa shape index (κ2) is 10.1. The van der Waals surface area contributed by atoms with Crippen molar-refractivity contribution in [3.05, 3.63) is 64.2 Å². The van der Waals surface area contributed by atoms with Crippen LogP contribution in [0.25, 0.3) is 0 Å². The first-order valence-electron chi connectivity index (χ1n) is 8.04. The monoisotopic (exact) mass is 403 g/mol. The molecule has 0 radical (unpaired) electrons. The topological polar surface area (TPSA) is 131 Å². The van der Waals surface area contributed by atoms with E-state index < -0.39 is 17.0 Å². The van der Waals surface area contributed by atoms with Crippen molar-refractivity contribution in [2.45, 2.75) is 17.9 Å². The molecule has 0 spiro atoms. The van der Waals surface area contributed by atoms with Crippen molar-refractivity contribution in [2.75, 3.05) is 5.75 Å². The fourth-order valence-corrected chi connectivity index (χ4v) is 2.60. The van der Waals surface area contributed by atoms with Crippen LogP contribution in [0.4, 0.5) is 5.69 Å². The fraction of sp³-hybridized carbons (Fsp3) is 0.167. The first-order valence-corrected chi connectivity index (χ1v) is 9.02. The average Bonchev–Trinajstić information content (AvgIpc) is 2.68. The lowest BCUT2D eigenvalue weighted by Gasteiger charge is -2.09. The molecule has 0 aliphatic carbocycles. The highest BCUT2D eigenvalue weighted by Crippen LogP contribution is 2.21. The third-order valence-corrected chi connectivity index (χ3v) is 4.37. The third kappa shape index (κ3) is 6.72. The van der Waals surface area contributed by atoms with E-state index in [0.29, 0.717) is 11.3 Å². The second-order valence-corrected chi connectivity index (χ2v) is 6.55. The van der Waals surface area contributed by atoms with Gasteiger partial charge in [0.25, 0.3) is 5.69 Å². The maximum Gasteiger partial charge on any atom is 0.344 e. The second-order valence-electron chi connectivity index (χ2n) is 5.50. The van der Waals surface area contributed by atoms with Crippen LogP contribution in [0.2, 0.25) is 0 Å². The van der Waals surface area contributed by atoms with E-state index in [0.717, 1.165) is 4.90 Å². The Labute approximate surface area is 164 Å². The van der Waals surface area contributed by atoms with E-state index in [1.807, 2.05) is 0 Å². The molecule has 2 aromatic rings. The molecule has 146 valence electrons. The highest BCUT2D eigenvalue weighted by molar-refractivity contribution is 8.00. The van der Waals surface area contributed by atoms with Crippen molar-refractivity contribution in [2.24, 2.45) is 5.10 Å². The third-order valence-electron chi connectivity index (χ3n) is 3.36. The summed E-state index contributed by atoms with van der Waals surface area (Å²) < 4.78 is 5.21. The van der Waals surface area contributed by atoms with Gasteiger partial charge in [0, 0.05) is 17.0 Å². The Morgan fingerprint density at radius 3 is 2.46 bits per heavy atom. The molecule has 0 bridgehead atoms. The number of carboxylic acids is 1. The Kier molecular flexibility index (Phi) is 7.52. The van der Waals surface area contributed by atoms with E-state index >= 15 is 0 Å². The number of hydrogen-bond donors (Lipinski definition) is 2. The number of nitrogens with zero attached hydrogens (tertiary/aromatic N) is 2. The summed E-state index contributed by atoms with van der Waals surface area (Å²) in [5, 5.41) is 23.2. The minimum absolute atomic E-state index is 0.00719. The van der Waals surface area contributed by atoms with Crippen molar-refractivity contribution >= 4 is 35.5 Å². The first-order chi connectivity index (χ1) is 13.3. The number of hydrazone groups is 1. The Morgan fingerprint density at radius 2 is 1.89 bits per heavy atom. The van der Waals surface area contributed by atoms with E-state index in [1.54, 1.807) is 36.4 Å². The highest BCUT2D eigenvalue weighted by atomic mass is 32.2. The maximum atomic E-state index is 11.8. The van der Waals surface area contributed by atoms with E-state index in [9.17, 15) is 19.7 Å². The summed E-state index contributed by atoms with van der Waals surface area (Å²) in [5.74, 6) is -0.861. The van der Waals surface area contributed by atoms with Gasteiger partial charge in [0.1, 0.15) is 5.75 Å². The molecule has 2 N–H and O–H groups in total. The number of carboxylic acid groups (broad SMARTS) is 1. The van der Waals surface area contributed by atoms with Gasteiger partial charge in [0.2, 0.25) is 5.91 Å². The number of carbonyl (C=O) groups excluding carboxylic acids is 1. The fourth-order valence-electron chi connectivity index (χ4n) is 1.91. The molecule has 0 aliphatic heterocycles. The summed E-state index contributed by atoms with van der Waals surface area (Å²) in [5.41, 5.74) is 3.07. The Bertz CT molecular complexity index is 868. The quantitative estimate of drug-likeness (QED) is 0.285. The van der Waals surface area contributed by atoms with E-state index in [4.69, 9.17) is 9.84 Å². The number of nitrogens with one attached hydrogen (secondary N) is 1. The molecule has 28 heavy (non-hydrogen) atoms. The average molecular weight is 403 g/mol. The zero-order valence-corrected chi connectivity index (χ0v) is 15.6. The van der Waals surface area contributed by atoms with Gasteiger partial charge >= 0.3 is 5.97 Å². The number of non-ortho nitro benzene ring substituents is 1. The van der Waals surface area contributed by atoms with Gasteiger partial charge in [-0.2, -0.15) is 5.10 Å². The van der Waals surface area contributed by atoms with Gasteiger partial charge in [-0.3, -0.25) is 14.9 Å². The van der Waals surface area contributed by atoms with Crippen molar-refractivity contribution < 1.29 is 24.4 Å². The predicted octanol–water partition coefficient (Wildman–Crippen LogP) is 2.69. The van der Waals surface area contributed by atoms with Gasteiger partial charge in [0.15, 0.2) is 6.10 Å². The van der Waals surface area contributed by atoms with Crippen LogP contribution >= 0.6 is 11.8 Å². The molecular formula is C18H17N3O6S. The number of aliphatic carboxylic acids is 1. The standard InChI is InChI=1S/C18H17N3O6S/c1-12(18(23)24)27-15-6-2-13(3-7-15)10-19-20-17(22)11-28-16-8-4-14(5-9-16)21(25)26/h2-10,12H,11H2,1H3,(H,20,22)(H,23,24). The number of rotatable bonds is 9. The van der Waals surface area contributed by atoms with Crippen LogP contribution in [-0.4, -0.2) is 40.0 Å². The molecule has 2 aromatic carbocycles. The lowest BCUT2D eigenvalue weighted by atomic mass is 10.2. The van der Waals surface area contributed by atoms with Crippen molar-refractivity contribution in [1.29, 1.82) is 0 Å². The number of amides is 1. The Balaban J connectivity index is 1.78. The van der Waals surface area contributed by atoms with Crippen LogP contribution in [-0.2, 0) is 9.59 Å². The molecule has 9 nitrogen and oxygen atoms in total. The van der Waals surface area contributed by atoms with Crippen molar-refractivity contribution in [3.63, 3.8) is 0 Å². The molecule has 1 unspecified atom stereocenters. The van der Waals surface area contributed by atoms with Crippen molar-refractivity contribution in [3.8, 4) is 5.75 Å². The predicted molar refractivity (Wildman–Crippen MR) is 104 cm³/mol. The Morgan fingerprint density at radius 1 is 1.25 bits per heavy atom. The van der Waals surface area contributed by atoms with Crippen LogP contribution < -0.4 is 10.2 Å². The summed E-state index contributed by atoms with van der Waals surface area (Å²) in [6, 6.07) is 12.5. The van der Waals surface area contributed by atoms with Crippen molar-refractivity contribution in [1.82, 2.24) is 5.43 Å². The first kappa shape index (κ1) is 20.9. The number of ether oxygens (including phenoxy) is 1. The van der Waals surface area contributed by atoms with Crippen LogP contribution in [0.1, 0.15) is 12.5 Å². The van der Waals surface area contributed by atoms with E-state index in [2.05, 4.69) is 10.5 Å². The summed E-state index contributed by atoms with van der Waals surface area (Å²) in [7, 11) is 0. The minimum atomic E-state index is -1.06. The van der Waals surface area contributed by atoms with Gasteiger partial charge in [-0.05, 0) is 48.9 Å². The normalized spacial score (nSPS) is 11.8. The molecule has 0 heterocycles. The van der Waals surface area contributed by atoms with E-state index in [1.165, 1.54) is 37.0 Å². The zero-order valence-electron chi connectivity index (χ0n) is 14.8. The molecule has 10 heteroatoms. The van der Waals surface area contributed by atoms with Gasteiger partial charge < -0.3 is 9.84 Å². The molecule has 2 rings (SSSR count).